The molecule has 1 aliphatic heterocycles. The van der Waals surface area contributed by atoms with Crippen molar-refractivity contribution in [1.82, 2.24) is 15.6 Å². The van der Waals surface area contributed by atoms with Gasteiger partial charge in [0.25, 0.3) is 5.91 Å². The number of carbonyl (C=O) groups is 1. The van der Waals surface area contributed by atoms with E-state index in [0.29, 0.717) is 28.9 Å². The van der Waals surface area contributed by atoms with Gasteiger partial charge in [-0.1, -0.05) is 29.8 Å². The Morgan fingerprint density at radius 3 is 2.76 bits per heavy atom. The Hall–Kier alpha value is -1.95. The maximum atomic E-state index is 12.6. The standard InChI is InChI=1S/C19H23ClN4O/c20-16-5-6-18(23-13-16)24-19(25)17-4-2-1-3-15(17)12-22-11-14-7-9-21-10-8-14/h1-6,13-14,21-22H,7-12H2,(H,23,24,25). The first kappa shape index (κ1) is 17.9. The van der Waals surface area contributed by atoms with Gasteiger partial charge in [0.15, 0.2) is 0 Å². The van der Waals surface area contributed by atoms with E-state index in [-0.39, 0.29) is 5.91 Å². The van der Waals surface area contributed by atoms with E-state index < -0.39 is 0 Å². The summed E-state index contributed by atoms with van der Waals surface area (Å²) in [6, 6.07) is 11.1. The minimum absolute atomic E-state index is 0.158. The number of anilines is 1. The van der Waals surface area contributed by atoms with Crippen LogP contribution in [-0.4, -0.2) is 30.5 Å². The first-order valence-corrected chi connectivity index (χ1v) is 9.02. The van der Waals surface area contributed by atoms with E-state index in [1.54, 1.807) is 12.1 Å². The zero-order valence-corrected chi connectivity index (χ0v) is 14.9. The molecule has 0 unspecified atom stereocenters. The van der Waals surface area contributed by atoms with Crippen molar-refractivity contribution < 1.29 is 4.79 Å². The van der Waals surface area contributed by atoms with Gasteiger partial charge in [-0.3, -0.25) is 4.79 Å². The number of rotatable bonds is 6. The number of amides is 1. The molecule has 2 aromatic rings. The molecule has 0 atom stereocenters. The molecule has 1 amide bonds. The van der Waals surface area contributed by atoms with Crippen LogP contribution in [0.1, 0.15) is 28.8 Å². The molecule has 25 heavy (non-hydrogen) atoms. The number of halogens is 1. The Labute approximate surface area is 153 Å². The zero-order valence-electron chi connectivity index (χ0n) is 14.1. The molecule has 3 rings (SSSR count). The number of aromatic nitrogens is 1. The maximum absolute atomic E-state index is 12.6. The fourth-order valence-electron chi connectivity index (χ4n) is 3.03. The van der Waals surface area contributed by atoms with Crippen LogP contribution in [-0.2, 0) is 6.54 Å². The molecule has 0 aliphatic carbocycles. The van der Waals surface area contributed by atoms with Crippen LogP contribution in [0.3, 0.4) is 0 Å². The Kier molecular flexibility index (Phi) is 6.39. The van der Waals surface area contributed by atoms with Gasteiger partial charge in [0.2, 0.25) is 0 Å². The number of nitrogens with one attached hydrogen (secondary N) is 3. The third-order valence-corrected chi connectivity index (χ3v) is 4.66. The van der Waals surface area contributed by atoms with Crippen molar-refractivity contribution in [3.8, 4) is 0 Å². The summed E-state index contributed by atoms with van der Waals surface area (Å²) in [6.45, 7) is 3.86. The van der Waals surface area contributed by atoms with Crippen molar-refractivity contribution in [2.24, 2.45) is 5.92 Å². The summed E-state index contributed by atoms with van der Waals surface area (Å²) in [5.41, 5.74) is 1.65. The average molecular weight is 359 g/mol. The summed E-state index contributed by atoms with van der Waals surface area (Å²) >= 11 is 5.82. The second-order valence-electron chi connectivity index (χ2n) is 6.30. The molecule has 1 aromatic carbocycles. The van der Waals surface area contributed by atoms with Crippen molar-refractivity contribution in [2.45, 2.75) is 19.4 Å². The molecule has 0 saturated carbocycles. The van der Waals surface area contributed by atoms with E-state index in [4.69, 9.17) is 11.6 Å². The number of carbonyl (C=O) groups excluding carboxylic acids is 1. The van der Waals surface area contributed by atoms with Gasteiger partial charge in [0, 0.05) is 18.3 Å². The van der Waals surface area contributed by atoms with Crippen molar-refractivity contribution in [1.29, 1.82) is 0 Å². The maximum Gasteiger partial charge on any atom is 0.257 e. The third-order valence-electron chi connectivity index (χ3n) is 4.44. The summed E-state index contributed by atoms with van der Waals surface area (Å²) in [5.74, 6) is 1.04. The van der Waals surface area contributed by atoms with Crippen LogP contribution in [0.5, 0.6) is 0 Å². The van der Waals surface area contributed by atoms with Gasteiger partial charge >= 0.3 is 0 Å². The van der Waals surface area contributed by atoms with Gasteiger partial charge in [-0.15, -0.1) is 0 Å². The second kappa shape index (κ2) is 8.94. The quantitative estimate of drug-likeness (QED) is 0.742. The van der Waals surface area contributed by atoms with E-state index in [1.165, 1.54) is 19.0 Å². The first-order valence-electron chi connectivity index (χ1n) is 8.64. The third kappa shape index (κ3) is 5.26. The summed E-state index contributed by atoms with van der Waals surface area (Å²) in [7, 11) is 0. The summed E-state index contributed by atoms with van der Waals surface area (Å²) < 4.78 is 0. The highest BCUT2D eigenvalue weighted by atomic mass is 35.5. The minimum Gasteiger partial charge on any atom is -0.317 e. The van der Waals surface area contributed by atoms with Gasteiger partial charge in [0.05, 0.1) is 5.02 Å². The zero-order chi connectivity index (χ0) is 17.5. The fourth-order valence-corrected chi connectivity index (χ4v) is 3.14. The lowest BCUT2D eigenvalue weighted by molar-refractivity contribution is 0.102. The highest BCUT2D eigenvalue weighted by Crippen LogP contribution is 2.15. The molecule has 1 saturated heterocycles. The van der Waals surface area contributed by atoms with Gasteiger partial charge in [0.1, 0.15) is 5.82 Å². The van der Waals surface area contributed by atoms with Crippen molar-refractivity contribution in [2.75, 3.05) is 25.0 Å². The molecular weight excluding hydrogens is 336 g/mol. The van der Waals surface area contributed by atoms with E-state index in [1.807, 2.05) is 24.3 Å². The highest BCUT2D eigenvalue weighted by molar-refractivity contribution is 6.30. The average Bonchev–Trinajstić information content (AvgIpc) is 2.65. The van der Waals surface area contributed by atoms with Gasteiger partial charge in [-0.2, -0.15) is 0 Å². The van der Waals surface area contributed by atoms with Crippen molar-refractivity contribution >= 4 is 23.3 Å². The predicted molar refractivity (Wildman–Crippen MR) is 101 cm³/mol. The molecule has 1 aromatic heterocycles. The summed E-state index contributed by atoms with van der Waals surface area (Å²) in [5, 5.41) is 10.2. The first-order chi connectivity index (χ1) is 12.2. The number of benzene rings is 1. The monoisotopic (exact) mass is 358 g/mol. The summed E-state index contributed by atoms with van der Waals surface area (Å²) in [6.07, 6.45) is 3.93. The molecule has 3 N–H and O–H groups in total. The van der Waals surface area contributed by atoms with Crippen LogP contribution in [0.25, 0.3) is 0 Å². The number of hydrogen-bond acceptors (Lipinski definition) is 4. The van der Waals surface area contributed by atoms with Crippen LogP contribution < -0.4 is 16.0 Å². The second-order valence-corrected chi connectivity index (χ2v) is 6.73. The molecule has 1 aliphatic rings. The van der Waals surface area contributed by atoms with Gasteiger partial charge in [-0.05, 0) is 62.2 Å². The van der Waals surface area contributed by atoms with E-state index in [2.05, 4.69) is 20.9 Å². The number of nitrogens with zero attached hydrogens (tertiary/aromatic N) is 1. The molecule has 1 fully saturated rings. The Morgan fingerprint density at radius 1 is 1.20 bits per heavy atom. The van der Waals surface area contributed by atoms with E-state index in [0.717, 1.165) is 25.2 Å². The SMILES string of the molecule is O=C(Nc1ccc(Cl)cn1)c1ccccc1CNCC1CCNCC1. The van der Waals surface area contributed by atoms with E-state index in [9.17, 15) is 4.79 Å². The number of piperidine rings is 1. The Morgan fingerprint density at radius 2 is 2.00 bits per heavy atom. The normalized spacial score (nSPS) is 15.1. The van der Waals surface area contributed by atoms with Crippen LogP contribution >= 0.6 is 11.6 Å². The molecule has 0 bridgehead atoms. The lowest BCUT2D eigenvalue weighted by Gasteiger charge is -2.23. The molecular formula is C19H23ClN4O. The van der Waals surface area contributed by atoms with Crippen molar-refractivity contribution in [3.05, 3.63) is 58.7 Å². The molecule has 132 valence electrons. The Bertz CT molecular complexity index is 699. The lowest BCUT2D eigenvalue weighted by atomic mass is 9.98. The number of hydrogen-bond donors (Lipinski definition) is 3. The van der Waals surface area contributed by atoms with Gasteiger partial charge < -0.3 is 16.0 Å². The molecule has 0 spiro atoms. The summed E-state index contributed by atoms with van der Waals surface area (Å²) in [4.78, 5) is 16.7. The molecule has 2 heterocycles. The molecule has 6 heteroatoms. The van der Waals surface area contributed by atoms with Crippen LogP contribution in [0, 0.1) is 5.92 Å². The van der Waals surface area contributed by atoms with Crippen LogP contribution in [0.2, 0.25) is 5.02 Å². The highest BCUT2D eigenvalue weighted by Gasteiger charge is 2.14. The van der Waals surface area contributed by atoms with Crippen LogP contribution in [0.15, 0.2) is 42.6 Å². The molecule has 0 radical (unpaired) electrons. The largest absolute Gasteiger partial charge is 0.317 e. The number of pyridine rings is 1. The van der Waals surface area contributed by atoms with Gasteiger partial charge in [-0.25, -0.2) is 4.98 Å². The van der Waals surface area contributed by atoms with E-state index >= 15 is 0 Å². The Balaban J connectivity index is 1.59. The lowest BCUT2D eigenvalue weighted by Crippen LogP contribution is -2.33. The smallest absolute Gasteiger partial charge is 0.257 e. The fraction of sp³-hybridized carbons (Fsp3) is 0.368. The topological polar surface area (TPSA) is 66.0 Å². The molecule has 5 nitrogen and oxygen atoms in total. The van der Waals surface area contributed by atoms with Crippen molar-refractivity contribution in [3.63, 3.8) is 0 Å². The van der Waals surface area contributed by atoms with Crippen LogP contribution in [0.4, 0.5) is 5.82 Å². The minimum atomic E-state index is -0.158. The predicted octanol–water partition coefficient (Wildman–Crippen LogP) is 3.08.